The summed E-state index contributed by atoms with van der Waals surface area (Å²) in [6.07, 6.45) is 0.538. The molecule has 0 bridgehead atoms. The lowest BCUT2D eigenvalue weighted by Crippen LogP contribution is -2.09. The van der Waals surface area contributed by atoms with E-state index in [1.54, 1.807) is 48.5 Å². The molecule has 22 heavy (non-hydrogen) atoms. The summed E-state index contributed by atoms with van der Waals surface area (Å²) in [6.45, 7) is -0.105. The molecule has 0 spiro atoms. The number of hydrogen-bond acceptors (Lipinski definition) is 5. The first-order valence-electron chi connectivity index (χ1n) is 6.60. The molecule has 5 heteroatoms. The molecule has 0 saturated carbocycles. The van der Waals surface area contributed by atoms with Gasteiger partial charge in [0.05, 0.1) is 0 Å². The summed E-state index contributed by atoms with van der Waals surface area (Å²) in [6, 6.07) is 13.6. The van der Waals surface area contributed by atoms with Crippen molar-refractivity contribution in [1.82, 2.24) is 0 Å². The third-order valence-corrected chi connectivity index (χ3v) is 3.06. The minimum atomic E-state index is -0.860. The Labute approximate surface area is 127 Å². The molecule has 0 aromatic heterocycles. The highest BCUT2D eigenvalue weighted by atomic mass is 16.7. The summed E-state index contributed by atoms with van der Waals surface area (Å²) >= 11 is 0. The van der Waals surface area contributed by atoms with Crippen LogP contribution in [0.4, 0.5) is 4.79 Å². The molecule has 0 heterocycles. The molecule has 5 nitrogen and oxygen atoms in total. The zero-order valence-electron chi connectivity index (χ0n) is 11.7. The fraction of sp³-hybridized carbons (Fsp3) is 0.118. The normalized spacial score (nSPS) is 9.82. The van der Waals surface area contributed by atoms with Crippen LogP contribution in [0, 0.1) is 0 Å². The van der Waals surface area contributed by atoms with Crippen LogP contribution in [-0.2, 0) is 22.7 Å². The van der Waals surface area contributed by atoms with Crippen LogP contribution in [0.2, 0.25) is 0 Å². The van der Waals surface area contributed by atoms with Gasteiger partial charge in [0.25, 0.3) is 0 Å². The summed E-state index contributed by atoms with van der Waals surface area (Å²) in [4.78, 5) is 33.3. The summed E-state index contributed by atoms with van der Waals surface area (Å²) in [7, 11) is 0. The number of aldehydes is 2. The lowest BCUT2D eigenvalue weighted by atomic mass is 10.1. The minimum Gasteiger partial charge on any atom is -0.429 e. The van der Waals surface area contributed by atoms with E-state index in [-0.39, 0.29) is 13.2 Å². The molecule has 2 aromatic carbocycles. The second-order valence-corrected chi connectivity index (χ2v) is 4.46. The van der Waals surface area contributed by atoms with Gasteiger partial charge in [-0.3, -0.25) is 9.59 Å². The third-order valence-electron chi connectivity index (χ3n) is 3.06. The maximum Gasteiger partial charge on any atom is 0.508 e. The van der Waals surface area contributed by atoms with Crippen molar-refractivity contribution in [3.63, 3.8) is 0 Å². The quantitative estimate of drug-likeness (QED) is 0.605. The van der Waals surface area contributed by atoms with E-state index < -0.39 is 6.16 Å². The van der Waals surface area contributed by atoms with E-state index in [1.165, 1.54) is 0 Å². The van der Waals surface area contributed by atoms with E-state index in [4.69, 9.17) is 9.47 Å². The molecule has 0 aliphatic rings. The van der Waals surface area contributed by atoms with Crippen molar-refractivity contribution in [3.05, 3.63) is 70.8 Å². The highest BCUT2D eigenvalue weighted by Gasteiger charge is 2.09. The van der Waals surface area contributed by atoms with E-state index in [1.807, 2.05) is 0 Å². The van der Waals surface area contributed by atoms with E-state index >= 15 is 0 Å². The molecular weight excluding hydrogens is 284 g/mol. The molecule has 0 radical (unpaired) electrons. The van der Waals surface area contributed by atoms with Crippen molar-refractivity contribution in [2.24, 2.45) is 0 Å². The van der Waals surface area contributed by atoms with Gasteiger partial charge in [-0.2, -0.15) is 0 Å². The Morgan fingerprint density at radius 2 is 1.18 bits per heavy atom. The average molecular weight is 298 g/mol. The molecule has 0 atom stereocenters. The topological polar surface area (TPSA) is 69.7 Å². The van der Waals surface area contributed by atoms with Gasteiger partial charge < -0.3 is 9.47 Å². The Morgan fingerprint density at radius 3 is 1.59 bits per heavy atom. The lowest BCUT2D eigenvalue weighted by molar-refractivity contribution is 0.0442. The minimum absolute atomic E-state index is 0.0525. The molecule has 2 aromatic rings. The van der Waals surface area contributed by atoms with Crippen LogP contribution in [0.5, 0.6) is 0 Å². The number of ether oxygens (including phenoxy) is 2. The van der Waals surface area contributed by atoms with Gasteiger partial charge in [-0.15, -0.1) is 0 Å². The molecule has 0 aliphatic carbocycles. The zero-order chi connectivity index (χ0) is 15.8. The molecule has 0 amide bonds. The van der Waals surface area contributed by atoms with Gasteiger partial charge in [0.15, 0.2) is 0 Å². The predicted molar refractivity (Wildman–Crippen MR) is 78.6 cm³/mol. The third kappa shape index (κ3) is 4.02. The summed E-state index contributed by atoms with van der Waals surface area (Å²) < 4.78 is 9.91. The Balaban J connectivity index is 1.88. The van der Waals surface area contributed by atoms with E-state index in [0.29, 0.717) is 34.8 Å². The fourth-order valence-electron chi connectivity index (χ4n) is 1.88. The Hall–Kier alpha value is -2.95. The Kier molecular flexibility index (Phi) is 5.43. The molecule has 0 unspecified atom stereocenters. The lowest BCUT2D eigenvalue weighted by Gasteiger charge is -2.08. The van der Waals surface area contributed by atoms with Crippen LogP contribution >= 0.6 is 0 Å². The summed E-state index contributed by atoms with van der Waals surface area (Å²) in [5.74, 6) is 0. The highest BCUT2D eigenvalue weighted by molar-refractivity contribution is 5.77. The van der Waals surface area contributed by atoms with Crippen molar-refractivity contribution >= 4 is 18.7 Å². The van der Waals surface area contributed by atoms with E-state index in [9.17, 15) is 14.4 Å². The second kappa shape index (κ2) is 7.73. The van der Waals surface area contributed by atoms with Gasteiger partial charge in [0, 0.05) is 22.3 Å². The molecule has 0 aliphatic heterocycles. The van der Waals surface area contributed by atoms with Gasteiger partial charge in [0.1, 0.15) is 25.8 Å². The molecule has 0 N–H and O–H groups in total. The smallest absolute Gasteiger partial charge is 0.429 e. The molecular formula is C17H14O5. The Morgan fingerprint density at radius 1 is 0.773 bits per heavy atom. The number of hydrogen-bond donors (Lipinski definition) is 0. The van der Waals surface area contributed by atoms with Gasteiger partial charge in [-0.25, -0.2) is 4.79 Å². The number of carbonyl (C=O) groups is 3. The first kappa shape index (κ1) is 15.4. The summed E-state index contributed by atoms with van der Waals surface area (Å²) in [5, 5.41) is 0. The van der Waals surface area contributed by atoms with Crippen LogP contribution in [0.3, 0.4) is 0 Å². The van der Waals surface area contributed by atoms with Crippen LogP contribution in [-0.4, -0.2) is 18.7 Å². The van der Waals surface area contributed by atoms with Crippen molar-refractivity contribution in [3.8, 4) is 0 Å². The number of rotatable bonds is 6. The fourth-order valence-corrected chi connectivity index (χ4v) is 1.88. The maximum atomic E-state index is 11.6. The second-order valence-electron chi connectivity index (χ2n) is 4.46. The molecule has 2 rings (SSSR count). The van der Waals surface area contributed by atoms with Crippen LogP contribution in [0.1, 0.15) is 31.8 Å². The molecule has 112 valence electrons. The number of carbonyl (C=O) groups excluding carboxylic acids is 3. The highest BCUT2D eigenvalue weighted by Crippen LogP contribution is 2.10. The maximum absolute atomic E-state index is 11.6. The van der Waals surface area contributed by atoms with Crippen LogP contribution in [0.25, 0.3) is 0 Å². The van der Waals surface area contributed by atoms with Gasteiger partial charge in [0.2, 0.25) is 0 Å². The SMILES string of the molecule is O=Cc1ccccc1COC(=O)OCc1ccccc1C=O. The summed E-state index contributed by atoms with van der Waals surface area (Å²) in [5.41, 5.74) is 2.12. The molecule has 0 fully saturated rings. The first-order valence-corrected chi connectivity index (χ1v) is 6.60. The van der Waals surface area contributed by atoms with Crippen molar-refractivity contribution < 1.29 is 23.9 Å². The standard InChI is InChI=1S/C17H14O5/c18-9-13-5-1-3-7-15(13)11-21-17(20)22-12-16-8-4-2-6-14(16)10-19/h1-10H,11-12H2. The number of benzene rings is 2. The largest absolute Gasteiger partial charge is 0.508 e. The van der Waals surface area contributed by atoms with Crippen molar-refractivity contribution in [2.45, 2.75) is 13.2 Å². The van der Waals surface area contributed by atoms with E-state index in [2.05, 4.69) is 0 Å². The zero-order valence-corrected chi connectivity index (χ0v) is 11.7. The van der Waals surface area contributed by atoms with Gasteiger partial charge >= 0.3 is 6.16 Å². The van der Waals surface area contributed by atoms with Crippen molar-refractivity contribution in [1.29, 1.82) is 0 Å². The van der Waals surface area contributed by atoms with Crippen LogP contribution in [0.15, 0.2) is 48.5 Å². The van der Waals surface area contributed by atoms with Gasteiger partial charge in [-0.1, -0.05) is 48.5 Å². The average Bonchev–Trinajstić information content (AvgIpc) is 2.58. The Bertz CT molecular complexity index is 621. The molecule has 0 saturated heterocycles. The monoisotopic (exact) mass is 298 g/mol. The van der Waals surface area contributed by atoms with E-state index in [0.717, 1.165) is 0 Å². The van der Waals surface area contributed by atoms with Gasteiger partial charge in [-0.05, 0) is 0 Å². The first-order chi connectivity index (χ1) is 10.7. The van der Waals surface area contributed by atoms with Crippen LogP contribution < -0.4 is 0 Å². The predicted octanol–water partition coefficient (Wildman–Crippen LogP) is 3.17. The van der Waals surface area contributed by atoms with Crippen molar-refractivity contribution in [2.75, 3.05) is 0 Å².